The SMILES string of the molecule is CN1CCN(c2cc(F)c3ccccc3c2)c2ccc(-c3cncnc3)cc2C1. The molecule has 5 heteroatoms. The molecule has 0 unspecified atom stereocenters. The molecule has 0 atom stereocenters. The molecule has 0 amide bonds. The molecular formula is C24H21FN4. The van der Waals surface area contributed by atoms with Gasteiger partial charge in [-0.2, -0.15) is 0 Å². The fraction of sp³-hybridized carbons (Fsp3) is 0.167. The van der Waals surface area contributed by atoms with Gasteiger partial charge in [0.1, 0.15) is 12.1 Å². The van der Waals surface area contributed by atoms with Crippen LogP contribution in [0.3, 0.4) is 0 Å². The second kappa shape index (κ2) is 7.26. The molecule has 144 valence electrons. The Hall–Kier alpha value is -3.31. The highest BCUT2D eigenvalue weighted by Gasteiger charge is 2.21. The van der Waals surface area contributed by atoms with Crippen molar-refractivity contribution in [3.63, 3.8) is 0 Å². The number of likely N-dealkylation sites (N-methyl/N-ethyl adjacent to an activating group) is 1. The number of anilines is 2. The van der Waals surface area contributed by atoms with Crippen LogP contribution in [0.15, 0.2) is 73.3 Å². The maximum atomic E-state index is 14.8. The van der Waals surface area contributed by atoms with Crippen LogP contribution in [0.4, 0.5) is 15.8 Å². The molecule has 0 spiro atoms. The molecule has 4 nitrogen and oxygen atoms in total. The summed E-state index contributed by atoms with van der Waals surface area (Å²) in [6.45, 7) is 2.53. The van der Waals surface area contributed by atoms with Gasteiger partial charge in [-0.05, 0) is 47.8 Å². The average molecular weight is 384 g/mol. The van der Waals surface area contributed by atoms with Crippen LogP contribution in [0.2, 0.25) is 0 Å². The summed E-state index contributed by atoms with van der Waals surface area (Å²) < 4.78 is 14.8. The van der Waals surface area contributed by atoms with Gasteiger partial charge >= 0.3 is 0 Å². The maximum Gasteiger partial charge on any atom is 0.133 e. The van der Waals surface area contributed by atoms with E-state index in [-0.39, 0.29) is 5.82 Å². The molecule has 0 bridgehead atoms. The first-order valence-electron chi connectivity index (χ1n) is 9.72. The number of benzene rings is 3. The predicted molar refractivity (Wildman–Crippen MR) is 115 cm³/mol. The van der Waals surface area contributed by atoms with Crippen molar-refractivity contribution < 1.29 is 4.39 Å². The minimum absolute atomic E-state index is 0.185. The van der Waals surface area contributed by atoms with Crippen LogP contribution in [0.5, 0.6) is 0 Å². The molecule has 4 aromatic rings. The van der Waals surface area contributed by atoms with Crippen LogP contribution >= 0.6 is 0 Å². The lowest BCUT2D eigenvalue weighted by Crippen LogP contribution is -2.26. The monoisotopic (exact) mass is 384 g/mol. The van der Waals surface area contributed by atoms with Crippen molar-refractivity contribution >= 4 is 22.1 Å². The maximum absolute atomic E-state index is 14.8. The van der Waals surface area contributed by atoms with Crippen molar-refractivity contribution in [2.45, 2.75) is 6.54 Å². The van der Waals surface area contributed by atoms with Gasteiger partial charge in [0.25, 0.3) is 0 Å². The lowest BCUT2D eigenvalue weighted by Gasteiger charge is -2.26. The quantitative estimate of drug-likeness (QED) is 0.486. The standard InChI is InChI=1S/C24H21FN4/c1-28-8-9-29(21-11-18-4-2-3-5-22(18)23(25)12-21)24-7-6-17(10-19(24)15-28)20-13-26-16-27-14-20/h2-7,10-14,16H,8-9,15H2,1H3. The van der Waals surface area contributed by atoms with E-state index in [0.717, 1.165) is 47.5 Å². The van der Waals surface area contributed by atoms with Crippen molar-refractivity contribution in [2.24, 2.45) is 0 Å². The van der Waals surface area contributed by atoms with Gasteiger partial charge in [-0.15, -0.1) is 0 Å². The van der Waals surface area contributed by atoms with Crippen molar-refractivity contribution in [3.05, 3.63) is 84.7 Å². The zero-order valence-corrected chi connectivity index (χ0v) is 16.2. The van der Waals surface area contributed by atoms with E-state index in [0.29, 0.717) is 5.39 Å². The second-order valence-corrected chi connectivity index (χ2v) is 7.51. The van der Waals surface area contributed by atoms with Gasteiger partial charge in [0.15, 0.2) is 0 Å². The summed E-state index contributed by atoms with van der Waals surface area (Å²) in [7, 11) is 2.12. The van der Waals surface area contributed by atoms with E-state index >= 15 is 0 Å². The third-order valence-corrected chi connectivity index (χ3v) is 5.52. The molecule has 5 rings (SSSR count). The lowest BCUT2D eigenvalue weighted by molar-refractivity contribution is 0.343. The molecule has 0 saturated heterocycles. The van der Waals surface area contributed by atoms with Crippen LogP contribution in [-0.2, 0) is 6.54 Å². The van der Waals surface area contributed by atoms with Crippen LogP contribution < -0.4 is 4.90 Å². The minimum atomic E-state index is -0.185. The zero-order valence-electron chi connectivity index (χ0n) is 16.2. The molecule has 0 fully saturated rings. The van der Waals surface area contributed by atoms with Crippen molar-refractivity contribution in [1.29, 1.82) is 0 Å². The molecule has 1 aliphatic rings. The number of halogens is 1. The van der Waals surface area contributed by atoms with E-state index in [1.54, 1.807) is 6.07 Å². The fourth-order valence-electron chi connectivity index (χ4n) is 4.04. The van der Waals surface area contributed by atoms with Gasteiger partial charge in [0, 0.05) is 54.4 Å². The Kier molecular flexibility index (Phi) is 4.45. The van der Waals surface area contributed by atoms with Gasteiger partial charge in [-0.1, -0.05) is 30.3 Å². The van der Waals surface area contributed by atoms with E-state index < -0.39 is 0 Å². The third-order valence-electron chi connectivity index (χ3n) is 5.52. The number of nitrogens with zero attached hydrogens (tertiary/aromatic N) is 4. The molecular weight excluding hydrogens is 363 g/mol. The Morgan fingerprint density at radius 1 is 0.897 bits per heavy atom. The summed E-state index contributed by atoms with van der Waals surface area (Å²) in [4.78, 5) is 12.8. The van der Waals surface area contributed by atoms with E-state index in [1.807, 2.05) is 36.7 Å². The van der Waals surface area contributed by atoms with Gasteiger partial charge in [0.2, 0.25) is 0 Å². The Balaban J connectivity index is 1.63. The summed E-state index contributed by atoms with van der Waals surface area (Å²) >= 11 is 0. The Morgan fingerprint density at radius 2 is 1.72 bits per heavy atom. The molecule has 3 aromatic carbocycles. The summed E-state index contributed by atoms with van der Waals surface area (Å²) in [6.07, 6.45) is 5.19. The molecule has 0 aliphatic carbocycles. The highest BCUT2D eigenvalue weighted by molar-refractivity contribution is 5.88. The Morgan fingerprint density at radius 3 is 2.59 bits per heavy atom. The topological polar surface area (TPSA) is 32.3 Å². The zero-order chi connectivity index (χ0) is 19.8. The van der Waals surface area contributed by atoms with Crippen molar-refractivity contribution in [1.82, 2.24) is 14.9 Å². The number of aromatic nitrogens is 2. The molecule has 0 radical (unpaired) electrons. The van der Waals surface area contributed by atoms with Gasteiger partial charge in [0.05, 0.1) is 0 Å². The number of fused-ring (bicyclic) bond motifs is 2. The number of hydrogen-bond donors (Lipinski definition) is 0. The van der Waals surface area contributed by atoms with E-state index in [9.17, 15) is 4.39 Å². The summed E-state index contributed by atoms with van der Waals surface area (Å²) in [6, 6.07) is 17.7. The van der Waals surface area contributed by atoms with E-state index in [1.165, 1.54) is 11.9 Å². The first kappa shape index (κ1) is 17.8. The molecule has 1 aromatic heterocycles. The lowest BCUT2D eigenvalue weighted by atomic mass is 10.0. The average Bonchev–Trinajstić information content (AvgIpc) is 2.92. The van der Waals surface area contributed by atoms with Gasteiger partial charge in [-0.25, -0.2) is 14.4 Å². The summed E-state index contributed by atoms with van der Waals surface area (Å²) in [5, 5.41) is 1.57. The summed E-state index contributed by atoms with van der Waals surface area (Å²) in [5.41, 5.74) is 5.29. The third kappa shape index (κ3) is 3.34. The normalized spacial score (nSPS) is 14.6. The smallest absolute Gasteiger partial charge is 0.133 e. The Bertz CT molecular complexity index is 1180. The van der Waals surface area contributed by atoms with E-state index in [4.69, 9.17) is 0 Å². The minimum Gasteiger partial charge on any atom is -0.340 e. The highest BCUT2D eigenvalue weighted by atomic mass is 19.1. The Labute approximate surface area is 169 Å². The van der Waals surface area contributed by atoms with Crippen molar-refractivity contribution in [2.75, 3.05) is 25.0 Å². The fourth-order valence-corrected chi connectivity index (χ4v) is 4.04. The van der Waals surface area contributed by atoms with Crippen LogP contribution in [0, 0.1) is 5.82 Å². The summed E-state index contributed by atoms with van der Waals surface area (Å²) in [5.74, 6) is -0.185. The largest absolute Gasteiger partial charge is 0.340 e. The van der Waals surface area contributed by atoms with Crippen LogP contribution in [0.25, 0.3) is 21.9 Å². The molecule has 0 saturated carbocycles. The second-order valence-electron chi connectivity index (χ2n) is 7.51. The molecule has 29 heavy (non-hydrogen) atoms. The van der Waals surface area contributed by atoms with Crippen LogP contribution in [-0.4, -0.2) is 35.0 Å². The van der Waals surface area contributed by atoms with E-state index in [2.05, 4.69) is 51.1 Å². The number of rotatable bonds is 2. The van der Waals surface area contributed by atoms with Gasteiger partial charge < -0.3 is 9.80 Å². The first-order valence-corrected chi connectivity index (χ1v) is 9.72. The molecule has 2 heterocycles. The van der Waals surface area contributed by atoms with Crippen molar-refractivity contribution in [3.8, 4) is 11.1 Å². The molecule has 0 N–H and O–H groups in total. The highest BCUT2D eigenvalue weighted by Crippen LogP contribution is 2.36. The van der Waals surface area contributed by atoms with Crippen LogP contribution in [0.1, 0.15) is 5.56 Å². The molecule has 1 aliphatic heterocycles. The predicted octanol–water partition coefficient (Wildman–Crippen LogP) is 5.02. The number of hydrogen-bond acceptors (Lipinski definition) is 4. The first-order chi connectivity index (χ1) is 14.2. The van der Waals surface area contributed by atoms with Gasteiger partial charge in [-0.3, -0.25) is 0 Å².